The molecule has 1 saturated heterocycles. The first-order valence-corrected chi connectivity index (χ1v) is 9.21. The summed E-state index contributed by atoms with van der Waals surface area (Å²) in [5, 5.41) is 2.03. The van der Waals surface area contributed by atoms with Crippen LogP contribution in [0.1, 0.15) is 5.56 Å². The standard InChI is InChI=1S/C21H15NO2S/c23-20-17-11-15-10-13-6-4-5-7-14(13)12-18(15)25-19(17)21(24)22(20)16-8-2-1-3-9-16/h1-10,12,17,19H,11H2/t17-,19+/m1/s1. The van der Waals surface area contributed by atoms with E-state index in [-0.39, 0.29) is 23.0 Å². The van der Waals surface area contributed by atoms with E-state index in [0.717, 1.165) is 4.90 Å². The number of fused-ring (bicyclic) bond motifs is 3. The molecule has 1 fully saturated rings. The first-order chi connectivity index (χ1) is 12.2. The number of imide groups is 1. The van der Waals surface area contributed by atoms with Crippen molar-refractivity contribution in [3.8, 4) is 0 Å². The smallest absolute Gasteiger partial charge is 0.248 e. The Morgan fingerprint density at radius 1 is 0.840 bits per heavy atom. The molecule has 0 spiro atoms. The summed E-state index contributed by atoms with van der Waals surface area (Å²) in [5.74, 6) is -0.441. The quantitative estimate of drug-likeness (QED) is 0.625. The summed E-state index contributed by atoms with van der Waals surface area (Å²) in [7, 11) is 0. The van der Waals surface area contributed by atoms with Gasteiger partial charge in [0.2, 0.25) is 11.8 Å². The highest BCUT2D eigenvalue weighted by Crippen LogP contribution is 2.45. The van der Waals surface area contributed by atoms with Gasteiger partial charge in [-0.2, -0.15) is 0 Å². The van der Waals surface area contributed by atoms with Crippen LogP contribution in [0.3, 0.4) is 0 Å². The molecule has 2 amide bonds. The number of anilines is 1. The first-order valence-electron chi connectivity index (χ1n) is 8.33. The number of hydrogen-bond acceptors (Lipinski definition) is 3. The lowest BCUT2D eigenvalue weighted by molar-refractivity contribution is -0.122. The third kappa shape index (κ3) is 2.21. The van der Waals surface area contributed by atoms with Crippen molar-refractivity contribution >= 4 is 40.0 Å². The van der Waals surface area contributed by atoms with E-state index in [0.29, 0.717) is 12.1 Å². The van der Waals surface area contributed by atoms with Crippen LogP contribution in [0.2, 0.25) is 0 Å². The minimum Gasteiger partial charge on any atom is -0.274 e. The number of nitrogens with zero attached hydrogens (tertiary/aromatic N) is 1. The predicted octanol–water partition coefficient (Wildman–Crippen LogP) is 4.05. The van der Waals surface area contributed by atoms with Crippen LogP contribution in [0.15, 0.2) is 71.6 Å². The number of amides is 2. The third-order valence-corrected chi connectivity index (χ3v) is 6.42. The summed E-state index contributed by atoms with van der Waals surface area (Å²) in [5.41, 5.74) is 1.84. The highest BCUT2D eigenvalue weighted by molar-refractivity contribution is 8.00. The van der Waals surface area contributed by atoms with E-state index in [9.17, 15) is 9.59 Å². The average Bonchev–Trinajstić information content (AvgIpc) is 2.89. The van der Waals surface area contributed by atoms with E-state index in [2.05, 4.69) is 24.3 Å². The van der Waals surface area contributed by atoms with Gasteiger partial charge in [0.1, 0.15) is 5.25 Å². The maximum atomic E-state index is 12.9. The third-order valence-electron chi connectivity index (χ3n) is 5.00. The van der Waals surface area contributed by atoms with Gasteiger partial charge >= 0.3 is 0 Å². The van der Waals surface area contributed by atoms with Crippen LogP contribution in [0, 0.1) is 5.92 Å². The number of thioether (sulfide) groups is 1. The Balaban J connectivity index is 1.56. The molecule has 3 aromatic rings. The lowest BCUT2D eigenvalue weighted by Crippen LogP contribution is -2.31. The van der Waals surface area contributed by atoms with E-state index in [1.165, 1.54) is 21.2 Å². The van der Waals surface area contributed by atoms with Crippen LogP contribution in [0.4, 0.5) is 5.69 Å². The lowest BCUT2D eigenvalue weighted by atomic mass is 9.95. The van der Waals surface area contributed by atoms with Crippen molar-refractivity contribution in [1.29, 1.82) is 0 Å². The normalized spacial score (nSPS) is 22.2. The molecule has 0 unspecified atom stereocenters. The lowest BCUT2D eigenvalue weighted by Gasteiger charge is -2.24. The molecule has 0 radical (unpaired) electrons. The van der Waals surface area contributed by atoms with Crippen LogP contribution < -0.4 is 4.90 Å². The van der Waals surface area contributed by atoms with Crippen LogP contribution in [-0.4, -0.2) is 17.1 Å². The van der Waals surface area contributed by atoms with Crippen molar-refractivity contribution in [3.63, 3.8) is 0 Å². The number of carbonyl (C=O) groups excluding carboxylic acids is 2. The number of carbonyl (C=O) groups is 2. The molecule has 2 aliphatic rings. The maximum Gasteiger partial charge on any atom is 0.248 e. The van der Waals surface area contributed by atoms with Gasteiger partial charge in [0.25, 0.3) is 0 Å². The fourth-order valence-corrected chi connectivity index (χ4v) is 5.12. The largest absolute Gasteiger partial charge is 0.274 e. The molecule has 25 heavy (non-hydrogen) atoms. The van der Waals surface area contributed by atoms with Gasteiger partial charge in [0, 0.05) is 4.90 Å². The van der Waals surface area contributed by atoms with Gasteiger partial charge in [-0.1, -0.05) is 48.5 Å². The maximum absolute atomic E-state index is 12.9. The van der Waals surface area contributed by atoms with Crippen LogP contribution >= 0.6 is 11.8 Å². The summed E-state index contributed by atoms with van der Waals surface area (Å²) < 4.78 is 0. The van der Waals surface area contributed by atoms with Crippen molar-refractivity contribution in [2.24, 2.45) is 5.92 Å². The molecule has 0 N–H and O–H groups in total. The fraction of sp³-hybridized carbons (Fsp3) is 0.143. The van der Waals surface area contributed by atoms with E-state index in [4.69, 9.17) is 0 Å². The Kier molecular flexibility index (Phi) is 3.22. The Labute approximate surface area is 149 Å². The highest BCUT2D eigenvalue weighted by atomic mass is 32.2. The molecule has 0 aromatic heterocycles. The van der Waals surface area contributed by atoms with Gasteiger partial charge in [-0.3, -0.25) is 9.59 Å². The minimum absolute atomic E-state index is 0.0764. The molecule has 0 aliphatic carbocycles. The van der Waals surface area contributed by atoms with Crippen LogP contribution in [-0.2, 0) is 16.0 Å². The molecule has 0 saturated carbocycles. The van der Waals surface area contributed by atoms with E-state index < -0.39 is 0 Å². The summed E-state index contributed by atoms with van der Waals surface area (Å²) in [6.45, 7) is 0. The summed E-state index contributed by atoms with van der Waals surface area (Å²) >= 11 is 1.54. The minimum atomic E-state index is -0.318. The van der Waals surface area contributed by atoms with Crippen molar-refractivity contribution in [1.82, 2.24) is 0 Å². The second-order valence-electron chi connectivity index (χ2n) is 6.50. The summed E-state index contributed by atoms with van der Waals surface area (Å²) in [6.07, 6.45) is 0.631. The van der Waals surface area contributed by atoms with Gasteiger partial charge in [0.15, 0.2) is 0 Å². The predicted molar refractivity (Wildman–Crippen MR) is 99.7 cm³/mol. The molecular formula is C21H15NO2S. The first kappa shape index (κ1) is 14.7. The second-order valence-corrected chi connectivity index (χ2v) is 7.69. The fourth-order valence-electron chi connectivity index (χ4n) is 3.77. The number of hydrogen-bond donors (Lipinski definition) is 0. The zero-order valence-corrected chi connectivity index (χ0v) is 14.2. The Bertz CT molecular complexity index is 952. The second kappa shape index (κ2) is 5.46. The van der Waals surface area contributed by atoms with Crippen molar-refractivity contribution in [3.05, 3.63) is 72.3 Å². The molecule has 2 heterocycles. The van der Waals surface area contributed by atoms with E-state index in [1.807, 2.05) is 42.5 Å². The molecule has 2 aliphatic heterocycles. The Morgan fingerprint density at radius 2 is 1.52 bits per heavy atom. The zero-order chi connectivity index (χ0) is 17.0. The van der Waals surface area contributed by atoms with E-state index in [1.54, 1.807) is 11.8 Å². The SMILES string of the molecule is O=C1[C@H]2Sc3cc4ccccc4cc3C[C@H]2C(=O)N1c1ccccc1. The molecule has 2 atom stereocenters. The van der Waals surface area contributed by atoms with E-state index >= 15 is 0 Å². The van der Waals surface area contributed by atoms with Gasteiger partial charge in [0.05, 0.1) is 11.6 Å². The average molecular weight is 345 g/mol. The van der Waals surface area contributed by atoms with Crippen molar-refractivity contribution in [2.45, 2.75) is 16.6 Å². The van der Waals surface area contributed by atoms with Gasteiger partial charge in [-0.15, -0.1) is 11.8 Å². The molecular weight excluding hydrogens is 330 g/mol. The highest BCUT2D eigenvalue weighted by Gasteiger charge is 2.50. The van der Waals surface area contributed by atoms with Crippen LogP contribution in [0.25, 0.3) is 10.8 Å². The summed E-state index contributed by atoms with van der Waals surface area (Å²) in [6, 6.07) is 21.8. The zero-order valence-electron chi connectivity index (χ0n) is 13.4. The Hall–Kier alpha value is -2.59. The number of para-hydroxylation sites is 1. The molecule has 122 valence electrons. The van der Waals surface area contributed by atoms with Crippen molar-refractivity contribution in [2.75, 3.05) is 4.90 Å². The number of rotatable bonds is 1. The monoisotopic (exact) mass is 345 g/mol. The Morgan fingerprint density at radius 3 is 2.28 bits per heavy atom. The topological polar surface area (TPSA) is 37.4 Å². The molecule has 5 rings (SSSR count). The van der Waals surface area contributed by atoms with Gasteiger partial charge in [-0.25, -0.2) is 4.90 Å². The number of benzene rings is 3. The van der Waals surface area contributed by atoms with Gasteiger partial charge < -0.3 is 0 Å². The summed E-state index contributed by atoms with van der Waals surface area (Å²) in [4.78, 5) is 28.3. The van der Waals surface area contributed by atoms with Crippen molar-refractivity contribution < 1.29 is 9.59 Å². The van der Waals surface area contributed by atoms with Gasteiger partial charge in [-0.05, 0) is 41.0 Å². The van der Waals surface area contributed by atoms with Crippen LogP contribution in [0.5, 0.6) is 0 Å². The molecule has 0 bridgehead atoms. The molecule has 3 nitrogen and oxygen atoms in total. The molecule has 3 aromatic carbocycles. The molecule has 4 heteroatoms.